The first-order chi connectivity index (χ1) is 12.4. The molecule has 132 valence electrons. The standard InChI is InChI=1S/C18H12Cl2N2O4/c19-13-6-14(20)8-15(7-13)22-18(25)12(9-21)5-11-1-3-16(4-2-11)26-10-17(23)24/h1-8H,10H2,(H,22,25)(H,23,24)/b12-5-. The molecule has 0 heterocycles. The average Bonchev–Trinajstić information content (AvgIpc) is 2.57. The van der Waals surface area contributed by atoms with Crippen LogP contribution in [-0.4, -0.2) is 23.6 Å². The lowest BCUT2D eigenvalue weighted by Gasteiger charge is -2.06. The summed E-state index contributed by atoms with van der Waals surface area (Å²) in [4.78, 5) is 22.7. The SMILES string of the molecule is N#C/C(=C/c1ccc(OCC(=O)O)cc1)C(=O)Nc1cc(Cl)cc(Cl)c1. The second kappa shape index (κ2) is 8.90. The molecular weight excluding hydrogens is 379 g/mol. The molecule has 0 saturated carbocycles. The molecule has 0 fully saturated rings. The Kier molecular flexibility index (Phi) is 6.61. The minimum Gasteiger partial charge on any atom is -0.482 e. The van der Waals surface area contributed by atoms with E-state index in [1.54, 1.807) is 24.3 Å². The van der Waals surface area contributed by atoms with Gasteiger partial charge in [0.25, 0.3) is 5.91 Å². The molecule has 0 aliphatic heterocycles. The van der Waals surface area contributed by atoms with Crippen molar-refractivity contribution in [2.45, 2.75) is 0 Å². The molecule has 0 aliphatic rings. The number of nitrogens with zero attached hydrogens (tertiary/aromatic N) is 1. The van der Waals surface area contributed by atoms with E-state index < -0.39 is 18.5 Å². The van der Waals surface area contributed by atoms with Gasteiger partial charge in [0.05, 0.1) is 0 Å². The van der Waals surface area contributed by atoms with Crippen molar-refractivity contribution in [1.82, 2.24) is 0 Å². The smallest absolute Gasteiger partial charge is 0.341 e. The molecule has 2 rings (SSSR count). The van der Waals surface area contributed by atoms with Crippen molar-refractivity contribution in [3.05, 3.63) is 63.6 Å². The second-order valence-electron chi connectivity index (χ2n) is 5.03. The van der Waals surface area contributed by atoms with Crippen LogP contribution in [0.3, 0.4) is 0 Å². The van der Waals surface area contributed by atoms with E-state index in [4.69, 9.17) is 33.0 Å². The van der Waals surface area contributed by atoms with Gasteiger partial charge in [-0.2, -0.15) is 5.26 Å². The van der Waals surface area contributed by atoms with E-state index in [2.05, 4.69) is 5.32 Å². The lowest BCUT2D eigenvalue weighted by Crippen LogP contribution is -2.13. The van der Waals surface area contributed by atoms with Crippen molar-refractivity contribution in [2.24, 2.45) is 0 Å². The molecule has 2 N–H and O–H groups in total. The van der Waals surface area contributed by atoms with Crippen molar-refractivity contribution in [2.75, 3.05) is 11.9 Å². The monoisotopic (exact) mass is 390 g/mol. The van der Waals surface area contributed by atoms with Crippen molar-refractivity contribution < 1.29 is 19.4 Å². The summed E-state index contributed by atoms with van der Waals surface area (Å²) in [6.07, 6.45) is 1.39. The predicted molar refractivity (Wildman–Crippen MR) is 98.3 cm³/mol. The topological polar surface area (TPSA) is 99.4 Å². The molecule has 2 aromatic carbocycles. The first-order valence-corrected chi connectivity index (χ1v) is 7.97. The minimum atomic E-state index is -1.08. The van der Waals surface area contributed by atoms with Crippen LogP contribution >= 0.6 is 23.2 Å². The molecule has 0 radical (unpaired) electrons. The number of rotatable bonds is 6. The average molecular weight is 391 g/mol. The zero-order chi connectivity index (χ0) is 19.1. The van der Waals surface area contributed by atoms with E-state index in [9.17, 15) is 14.9 Å². The Morgan fingerprint density at radius 2 is 1.77 bits per heavy atom. The third-order valence-corrected chi connectivity index (χ3v) is 3.48. The lowest BCUT2D eigenvalue weighted by molar-refractivity contribution is -0.139. The van der Waals surface area contributed by atoms with Gasteiger partial charge in [0.2, 0.25) is 0 Å². The van der Waals surface area contributed by atoms with E-state index in [0.717, 1.165) is 0 Å². The van der Waals surface area contributed by atoms with Crippen LogP contribution in [0.4, 0.5) is 5.69 Å². The molecule has 0 bridgehead atoms. The number of nitrogens with one attached hydrogen (secondary N) is 1. The molecular formula is C18H12Cl2N2O4. The van der Waals surface area contributed by atoms with Crippen LogP contribution in [0.15, 0.2) is 48.0 Å². The molecule has 6 nitrogen and oxygen atoms in total. The Morgan fingerprint density at radius 3 is 2.31 bits per heavy atom. The van der Waals surface area contributed by atoms with Gasteiger partial charge in [-0.3, -0.25) is 4.79 Å². The third-order valence-electron chi connectivity index (χ3n) is 3.04. The Balaban J connectivity index is 2.12. The number of carbonyl (C=O) groups is 2. The minimum absolute atomic E-state index is 0.125. The molecule has 0 spiro atoms. The summed E-state index contributed by atoms with van der Waals surface area (Å²) in [5.74, 6) is -1.34. The maximum atomic E-state index is 12.2. The maximum Gasteiger partial charge on any atom is 0.341 e. The lowest BCUT2D eigenvalue weighted by atomic mass is 10.1. The number of carbonyl (C=O) groups excluding carboxylic acids is 1. The number of ether oxygens (including phenoxy) is 1. The van der Waals surface area contributed by atoms with E-state index >= 15 is 0 Å². The highest BCUT2D eigenvalue weighted by Gasteiger charge is 2.10. The predicted octanol–water partition coefficient (Wildman–Crippen LogP) is 4.00. The number of hydrogen-bond acceptors (Lipinski definition) is 4. The van der Waals surface area contributed by atoms with Crippen molar-refractivity contribution in [3.8, 4) is 11.8 Å². The Labute approximate surface area is 159 Å². The zero-order valence-corrected chi connectivity index (χ0v) is 14.7. The van der Waals surface area contributed by atoms with Gasteiger partial charge >= 0.3 is 5.97 Å². The summed E-state index contributed by atoms with van der Waals surface area (Å²) in [6.45, 7) is -0.455. The van der Waals surface area contributed by atoms with Gasteiger partial charge in [0.15, 0.2) is 6.61 Å². The number of hydrogen-bond donors (Lipinski definition) is 2. The van der Waals surface area contributed by atoms with Crippen molar-refractivity contribution >= 4 is 46.8 Å². The highest BCUT2D eigenvalue weighted by Crippen LogP contribution is 2.23. The largest absolute Gasteiger partial charge is 0.482 e. The normalized spacial score (nSPS) is 10.7. The number of nitriles is 1. The number of carboxylic acid groups (broad SMARTS) is 1. The zero-order valence-electron chi connectivity index (χ0n) is 13.2. The molecule has 1 amide bonds. The van der Waals surface area contributed by atoms with Crippen molar-refractivity contribution in [1.29, 1.82) is 5.26 Å². The first-order valence-electron chi connectivity index (χ1n) is 7.21. The van der Waals surface area contributed by atoms with Crippen LogP contribution in [0.1, 0.15) is 5.56 Å². The van der Waals surface area contributed by atoms with Gasteiger partial charge in [-0.25, -0.2) is 4.79 Å². The number of amides is 1. The molecule has 0 unspecified atom stereocenters. The summed E-state index contributed by atoms with van der Waals surface area (Å²) in [6, 6.07) is 12.6. The van der Waals surface area contributed by atoms with Crippen LogP contribution in [-0.2, 0) is 9.59 Å². The summed E-state index contributed by atoms with van der Waals surface area (Å²) < 4.78 is 5.01. The summed E-state index contributed by atoms with van der Waals surface area (Å²) >= 11 is 11.7. The summed E-state index contributed by atoms with van der Waals surface area (Å²) in [5, 5.41) is 21.0. The molecule has 0 atom stereocenters. The highest BCUT2D eigenvalue weighted by molar-refractivity contribution is 6.35. The van der Waals surface area contributed by atoms with Crippen LogP contribution in [0, 0.1) is 11.3 Å². The molecule has 0 saturated heterocycles. The summed E-state index contributed by atoms with van der Waals surface area (Å²) in [5.41, 5.74) is 0.815. The Morgan fingerprint density at radius 1 is 1.15 bits per heavy atom. The quantitative estimate of drug-likeness (QED) is 0.573. The fourth-order valence-corrected chi connectivity index (χ4v) is 2.47. The molecule has 0 aromatic heterocycles. The van der Waals surface area contributed by atoms with E-state index in [0.29, 0.717) is 27.0 Å². The van der Waals surface area contributed by atoms with E-state index in [-0.39, 0.29) is 5.57 Å². The number of carboxylic acids is 1. The third kappa shape index (κ3) is 5.81. The number of halogens is 2. The van der Waals surface area contributed by atoms with Gasteiger partial charge < -0.3 is 15.2 Å². The fourth-order valence-electron chi connectivity index (χ4n) is 1.95. The van der Waals surface area contributed by atoms with Crippen LogP contribution in [0.2, 0.25) is 10.0 Å². The Bertz CT molecular complexity index is 882. The van der Waals surface area contributed by atoms with Crippen molar-refractivity contribution in [3.63, 3.8) is 0 Å². The molecule has 0 aliphatic carbocycles. The highest BCUT2D eigenvalue weighted by atomic mass is 35.5. The fraction of sp³-hybridized carbons (Fsp3) is 0.0556. The van der Waals surface area contributed by atoms with Gasteiger partial charge in [-0.1, -0.05) is 35.3 Å². The van der Waals surface area contributed by atoms with Gasteiger partial charge in [0, 0.05) is 15.7 Å². The summed E-state index contributed by atoms with van der Waals surface area (Å²) in [7, 11) is 0. The molecule has 8 heteroatoms. The maximum absolute atomic E-state index is 12.2. The number of aliphatic carboxylic acids is 1. The van der Waals surface area contributed by atoms with Gasteiger partial charge in [-0.15, -0.1) is 0 Å². The van der Waals surface area contributed by atoms with Crippen LogP contribution in [0.5, 0.6) is 5.75 Å². The van der Waals surface area contributed by atoms with E-state index in [1.807, 2.05) is 6.07 Å². The number of anilines is 1. The Hall–Kier alpha value is -3.01. The second-order valence-corrected chi connectivity index (χ2v) is 5.91. The van der Waals surface area contributed by atoms with Gasteiger partial charge in [0.1, 0.15) is 17.4 Å². The van der Waals surface area contributed by atoms with E-state index in [1.165, 1.54) is 24.3 Å². The van der Waals surface area contributed by atoms with Gasteiger partial charge in [-0.05, 0) is 42.0 Å². The number of benzene rings is 2. The molecule has 26 heavy (non-hydrogen) atoms. The molecule has 2 aromatic rings. The first kappa shape index (κ1) is 19.3. The van der Waals surface area contributed by atoms with Crippen LogP contribution < -0.4 is 10.1 Å². The van der Waals surface area contributed by atoms with Crippen LogP contribution in [0.25, 0.3) is 6.08 Å².